The van der Waals surface area contributed by atoms with Crippen LogP contribution in [0.5, 0.6) is 0 Å². The molecule has 0 bridgehead atoms. The van der Waals surface area contributed by atoms with Gasteiger partial charge in [-0.3, -0.25) is 0 Å². The normalized spacial score (nSPS) is 24.0. The maximum atomic E-state index is 5.22. The molecule has 0 radical (unpaired) electrons. The molecule has 0 atom stereocenters. The summed E-state index contributed by atoms with van der Waals surface area (Å²) >= 11 is 0. The monoisotopic (exact) mass is 168 g/mol. The summed E-state index contributed by atoms with van der Waals surface area (Å²) in [6, 6.07) is 0. The zero-order valence-corrected chi connectivity index (χ0v) is 6.91. The van der Waals surface area contributed by atoms with Gasteiger partial charge in [0.25, 0.3) is 0 Å². The number of hydrogen-bond acceptors (Lipinski definition) is 4. The second-order valence-electron chi connectivity index (χ2n) is 1.32. The smallest absolute Gasteiger partial charge is 0.0565 e. The number of hydrogen-bond donors (Lipinski definition) is 0. The molecule has 4 heteroatoms. The Hall–Kier alpha value is 1.01. The van der Waals surface area contributed by atoms with Gasteiger partial charge in [0.2, 0.25) is 0 Å². The summed E-state index contributed by atoms with van der Waals surface area (Å²) in [5, 5.41) is 0. The topological polar surface area (TPSA) is 9.23 Å². The van der Waals surface area contributed by atoms with Crippen LogP contribution >= 0.6 is 31.4 Å². The van der Waals surface area contributed by atoms with Crippen molar-refractivity contribution in [2.75, 3.05) is 24.7 Å². The van der Waals surface area contributed by atoms with Crippen LogP contribution in [0.25, 0.3) is 0 Å². The Morgan fingerprint density at radius 1 is 1.00 bits per heavy atom. The van der Waals surface area contributed by atoms with E-state index in [1.54, 1.807) is 0 Å². The number of rotatable bonds is 0. The SMILES string of the molecule is C1CSSSCCO1. The standard InChI is InChI=1S/C4H8OS3/c1-3-6-8-7-4-2-5-1/h1-4H2. The summed E-state index contributed by atoms with van der Waals surface area (Å²) < 4.78 is 5.22. The highest BCUT2D eigenvalue weighted by molar-refractivity contribution is 9.09. The van der Waals surface area contributed by atoms with Crippen LogP contribution in [-0.4, -0.2) is 24.7 Å². The molecule has 0 aromatic heterocycles. The minimum atomic E-state index is 0.929. The van der Waals surface area contributed by atoms with Crippen molar-refractivity contribution >= 4 is 31.4 Å². The molecule has 0 spiro atoms. The second-order valence-corrected chi connectivity index (χ2v) is 5.80. The Balaban J connectivity index is 2.00. The Kier molecular flexibility index (Phi) is 4.32. The lowest BCUT2D eigenvalue weighted by Gasteiger charge is -2.06. The predicted molar refractivity (Wildman–Crippen MR) is 43.3 cm³/mol. The summed E-state index contributed by atoms with van der Waals surface area (Å²) in [7, 11) is 5.65. The molecule has 1 aliphatic rings. The van der Waals surface area contributed by atoms with Crippen molar-refractivity contribution in [3.63, 3.8) is 0 Å². The van der Waals surface area contributed by atoms with Gasteiger partial charge in [-0.25, -0.2) is 0 Å². The molecule has 0 amide bonds. The third-order valence-corrected chi connectivity index (χ3v) is 4.89. The molecule has 0 aromatic rings. The first-order chi connectivity index (χ1) is 4.00. The molecule has 0 N–H and O–H groups in total. The van der Waals surface area contributed by atoms with Gasteiger partial charge in [-0.15, -0.1) is 0 Å². The third-order valence-electron chi connectivity index (χ3n) is 0.718. The fourth-order valence-corrected chi connectivity index (χ4v) is 3.82. The quantitative estimate of drug-likeness (QED) is 0.512. The van der Waals surface area contributed by atoms with E-state index in [4.69, 9.17) is 4.74 Å². The molecule has 1 heterocycles. The average Bonchev–Trinajstić information content (AvgIpc) is 1.62. The van der Waals surface area contributed by atoms with Crippen LogP contribution in [-0.2, 0) is 4.74 Å². The average molecular weight is 168 g/mol. The molecule has 0 aromatic carbocycles. The Labute approximate surface area is 61.1 Å². The number of ether oxygens (including phenoxy) is 1. The van der Waals surface area contributed by atoms with Gasteiger partial charge >= 0.3 is 0 Å². The molecule has 1 fully saturated rings. The van der Waals surface area contributed by atoms with E-state index in [-0.39, 0.29) is 0 Å². The van der Waals surface area contributed by atoms with Gasteiger partial charge in [-0.1, -0.05) is 21.6 Å². The van der Waals surface area contributed by atoms with E-state index >= 15 is 0 Å². The molecule has 48 valence electrons. The maximum absolute atomic E-state index is 5.22. The highest BCUT2D eigenvalue weighted by Crippen LogP contribution is 2.34. The fourth-order valence-electron chi connectivity index (χ4n) is 0.390. The molecule has 1 nitrogen and oxygen atoms in total. The van der Waals surface area contributed by atoms with Crippen molar-refractivity contribution in [3.05, 3.63) is 0 Å². The van der Waals surface area contributed by atoms with Crippen LogP contribution in [0, 0.1) is 0 Å². The molecule has 1 saturated heterocycles. The van der Waals surface area contributed by atoms with E-state index in [1.165, 1.54) is 0 Å². The maximum Gasteiger partial charge on any atom is 0.0565 e. The highest BCUT2D eigenvalue weighted by atomic mass is 33.5. The van der Waals surface area contributed by atoms with Crippen LogP contribution in [0.1, 0.15) is 0 Å². The van der Waals surface area contributed by atoms with Crippen LogP contribution < -0.4 is 0 Å². The van der Waals surface area contributed by atoms with Gasteiger partial charge in [0.1, 0.15) is 0 Å². The van der Waals surface area contributed by atoms with Gasteiger partial charge < -0.3 is 4.74 Å². The van der Waals surface area contributed by atoms with E-state index in [0.717, 1.165) is 24.7 Å². The van der Waals surface area contributed by atoms with Gasteiger partial charge in [0, 0.05) is 11.5 Å². The van der Waals surface area contributed by atoms with Crippen LogP contribution in [0.4, 0.5) is 0 Å². The van der Waals surface area contributed by atoms with Gasteiger partial charge in [-0.2, -0.15) is 0 Å². The van der Waals surface area contributed by atoms with Gasteiger partial charge in [0.05, 0.1) is 13.2 Å². The summed E-state index contributed by atoms with van der Waals surface area (Å²) in [5.74, 6) is 2.27. The van der Waals surface area contributed by atoms with Crippen LogP contribution in [0.15, 0.2) is 0 Å². The van der Waals surface area contributed by atoms with E-state index in [0.29, 0.717) is 0 Å². The van der Waals surface area contributed by atoms with Crippen LogP contribution in [0.3, 0.4) is 0 Å². The van der Waals surface area contributed by atoms with Crippen molar-refractivity contribution in [1.82, 2.24) is 0 Å². The van der Waals surface area contributed by atoms with Crippen molar-refractivity contribution in [3.8, 4) is 0 Å². The first kappa shape index (κ1) is 7.12. The summed E-state index contributed by atoms with van der Waals surface area (Å²) in [4.78, 5) is 0. The highest BCUT2D eigenvalue weighted by Gasteiger charge is 1.96. The van der Waals surface area contributed by atoms with E-state index in [1.807, 2.05) is 31.4 Å². The predicted octanol–water partition coefficient (Wildman–Crippen LogP) is 2.05. The molecular weight excluding hydrogens is 160 g/mol. The molecule has 0 unspecified atom stereocenters. The van der Waals surface area contributed by atoms with Crippen molar-refractivity contribution in [2.45, 2.75) is 0 Å². The molecular formula is C4H8OS3. The van der Waals surface area contributed by atoms with Crippen molar-refractivity contribution in [1.29, 1.82) is 0 Å². The zero-order valence-electron chi connectivity index (χ0n) is 4.46. The minimum Gasteiger partial charge on any atom is -0.380 e. The van der Waals surface area contributed by atoms with E-state index < -0.39 is 0 Å². The Morgan fingerprint density at radius 3 is 2.25 bits per heavy atom. The van der Waals surface area contributed by atoms with Gasteiger partial charge in [-0.05, 0) is 9.83 Å². The first-order valence-corrected chi connectivity index (χ1v) is 6.31. The second kappa shape index (κ2) is 4.85. The van der Waals surface area contributed by atoms with Gasteiger partial charge in [0.15, 0.2) is 0 Å². The summed E-state index contributed by atoms with van der Waals surface area (Å²) in [6.07, 6.45) is 0. The van der Waals surface area contributed by atoms with Crippen LogP contribution in [0.2, 0.25) is 0 Å². The lowest BCUT2D eigenvalue weighted by molar-refractivity contribution is 0.167. The largest absolute Gasteiger partial charge is 0.380 e. The lowest BCUT2D eigenvalue weighted by atomic mass is 10.8. The summed E-state index contributed by atoms with van der Waals surface area (Å²) in [6.45, 7) is 1.86. The first-order valence-electron chi connectivity index (χ1n) is 2.49. The minimum absolute atomic E-state index is 0.929. The summed E-state index contributed by atoms with van der Waals surface area (Å²) in [5.41, 5.74) is 0. The molecule has 0 saturated carbocycles. The van der Waals surface area contributed by atoms with E-state index in [9.17, 15) is 0 Å². The molecule has 0 aliphatic carbocycles. The molecule has 1 aliphatic heterocycles. The molecule has 8 heavy (non-hydrogen) atoms. The fraction of sp³-hybridized carbons (Fsp3) is 1.00. The third kappa shape index (κ3) is 3.12. The Bertz CT molecular complexity index is 35.2. The lowest BCUT2D eigenvalue weighted by Crippen LogP contribution is -2.01. The molecule has 1 rings (SSSR count). The van der Waals surface area contributed by atoms with Crippen molar-refractivity contribution in [2.24, 2.45) is 0 Å². The van der Waals surface area contributed by atoms with E-state index in [2.05, 4.69) is 0 Å². The van der Waals surface area contributed by atoms with Crippen molar-refractivity contribution < 1.29 is 4.74 Å². The Morgan fingerprint density at radius 2 is 1.62 bits per heavy atom. The zero-order chi connectivity index (χ0) is 5.66.